The van der Waals surface area contributed by atoms with Gasteiger partial charge in [-0.25, -0.2) is 0 Å². The van der Waals surface area contributed by atoms with Gasteiger partial charge >= 0.3 is 0 Å². The molecule has 0 aromatic heterocycles. The minimum absolute atomic E-state index is 0.533. The maximum Gasteiger partial charge on any atom is 0.0640 e. The Morgan fingerprint density at radius 3 is 3.00 bits per heavy atom. The van der Waals surface area contributed by atoms with Gasteiger partial charge in [0.05, 0.1) is 10.7 Å². The van der Waals surface area contributed by atoms with Gasteiger partial charge in [0.2, 0.25) is 0 Å². The van der Waals surface area contributed by atoms with Gasteiger partial charge in [-0.05, 0) is 44.5 Å². The number of benzene rings is 1. The molecule has 1 aromatic carbocycles. The highest BCUT2D eigenvalue weighted by Crippen LogP contribution is 2.34. The molecule has 0 spiro atoms. The van der Waals surface area contributed by atoms with E-state index in [9.17, 15) is 0 Å². The molecule has 0 N–H and O–H groups in total. The predicted octanol–water partition coefficient (Wildman–Crippen LogP) is 3.78. The molecule has 18 heavy (non-hydrogen) atoms. The van der Waals surface area contributed by atoms with E-state index in [0.29, 0.717) is 6.04 Å². The molecular weight excluding hydrogens is 312 g/mol. The lowest BCUT2D eigenvalue weighted by Crippen LogP contribution is -2.55. The molecule has 2 saturated heterocycles. The van der Waals surface area contributed by atoms with Gasteiger partial charge < -0.3 is 4.90 Å². The van der Waals surface area contributed by atoms with E-state index in [1.165, 1.54) is 25.1 Å². The van der Waals surface area contributed by atoms with E-state index in [0.717, 1.165) is 28.6 Å². The standard InChI is InChI=1S/C14H18BrClN2/c1-10-8-17-6-2-3-12(17)9-18(10)14-7-11(15)4-5-13(14)16/h4-5,7,10,12H,2-3,6,8-9H2,1H3. The first-order valence-corrected chi connectivity index (χ1v) is 7.78. The van der Waals surface area contributed by atoms with E-state index < -0.39 is 0 Å². The molecule has 2 fully saturated rings. The number of piperazine rings is 1. The van der Waals surface area contributed by atoms with Crippen LogP contribution in [0.1, 0.15) is 19.8 Å². The molecule has 4 heteroatoms. The zero-order chi connectivity index (χ0) is 12.7. The maximum absolute atomic E-state index is 6.36. The Kier molecular flexibility index (Phi) is 3.57. The SMILES string of the molecule is CC1CN2CCCC2CN1c1cc(Br)ccc1Cl. The Morgan fingerprint density at radius 2 is 2.17 bits per heavy atom. The van der Waals surface area contributed by atoms with Gasteiger partial charge in [-0.15, -0.1) is 0 Å². The van der Waals surface area contributed by atoms with Gasteiger partial charge in [-0.3, -0.25) is 4.90 Å². The summed E-state index contributed by atoms with van der Waals surface area (Å²) in [6.07, 6.45) is 2.67. The van der Waals surface area contributed by atoms with Crippen LogP contribution in [0.15, 0.2) is 22.7 Å². The largest absolute Gasteiger partial charge is 0.365 e. The van der Waals surface area contributed by atoms with Crippen molar-refractivity contribution in [2.45, 2.75) is 31.8 Å². The Bertz CT molecular complexity index is 451. The summed E-state index contributed by atoms with van der Waals surface area (Å²) in [5.41, 5.74) is 1.17. The summed E-state index contributed by atoms with van der Waals surface area (Å²) in [6.45, 7) is 5.84. The third-order valence-electron chi connectivity index (χ3n) is 4.15. The van der Waals surface area contributed by atoms with Crippen molar-refractivity contribution in [2.24, 2.45) is 0 Å². The van der Waals surface area contributed by atoms with Crippen molar-refractivity contribution in [3.8, 4) is 0 Å². The highest BCUT2D eigenvalue weighted by Gasteiger charge is 2.34. The van der Waals surface area contributed by atoms with Crippen molar-refractivity contribution < 1.29 is 0 Å². The molecule has 0 aliphatic carbocycles. The van der Waals surface area contributed by atoms with Gasteiger partial charge in [0.1, 0.15) is 0 Å². The molecule has 2 nitrogen and oxygen atoms in total. The van der Waals surface area contributed by atoms with Crippen LogP contribution in [0.25, 0.3) is 0 Å². The summed E-state index contributed by atoms with van der Waals surface area (Å²) < 4.78 is 1.10. The zero-order valence-corrected chi connectivity index (χ0v) is 12.9. The normalized spacial score (nSPS) is 28.5. The van der Waals surface area contributed by atoms with Crippen LogP contribution in [0, 0.1) is 0 Å². The van der Waals surface area contributed by atoms with Crippen LogP contribution in [-0.4, -0.2) is 36.6 Å². The van der Waals surface area contributed by atoms with Gasteiger partial charge in [-0.1, -0.05) is 27.5 Å². The fraction of sp³-hybridized carbons (Fsp3) is 0.571. The second-order valence-electron chi connectivity index (χ2n) is 5.39. The highest BCUT2D eigenvalue weighted by atomic mass is 79.9. The number of rotatable bonds is 1. The van der Waals surface area contributed by atoms with E-state index in [4.69, 9.17) is 11.6 Å². The average molecular weight is 330 g/mol. The Labute approximate surface area is 122 Å². The zero-order valence-electron chi connectivity index (χ0n) is 10.6. The lowest BCUT2D eigenvalue weighted by atomic mass is 10.1. The van der Waals surface area contributed by atoms with E-state index in [1.54, 1.807) is 0 Å². The molecule has 2 unspecified atom stereocenters. The molecule has 2 aliphatic rings. The number of anilines is 1. The summed E-state index contributed by atoms with van der Waals surface area (Å²) in [4.78, 5) is 5.10. The molecule has 0 amide bonds. The molecular formula is C14H18BrClN2. The molecule has 0 bridgehead atoms. The first-order chi connectivity index (χ1) is 8.65. The molecule has 0 saturated carbocycles. The van der Waals surface area contributed by atoms with Crippen molar-refractivity contribution in [3.63, 3.8) is 0 Å². The van der Waals surface area contributed by atoms with Crippen molar-refractivity contribution in [3.05, 3.63) is 27.7 Å². The third kappa shape index (κ3) is 2.28. The minimum atomic E-state index is 0.533. The van der Waals surface area contributed by atoms with Crippen LogP contribution in [0.3, 0.4) is 0 Å². The van der Waals surface area contributed by atoms with Crippen molar-refractivity contribution in [1.29, 1.82) is 0 Å². The van der Waals surface area contributed by atoms with Crippen molar-refractivity contribution >= 4 is 33.2 Å². The molecule has 2 atom stereocenters. The summed E-state index contributed by atoms with van der Waals surface area (Å²) >= 11 is 9.91. The van der Waals surface area contributed by atoms with Gasteiger partial charge in [-0.2, -0.15) is 0 Å². The first-order valence-electron chi connectivity index (χ1n) is 6.61. The van der Waals surface area contributed by atoms with Crippen LogP contribution in [0.2, 0.25) is 5.02 Å². The smallest absolute Gasteiger partial charge is 0.0640 e. The number of fused-ring (bicyclic) bond motifs is 1. The van der Waals surface area contributed by atoms with E-state index in [-0.39, 0.29) is 0 Å². The van der Waals surface area contributed by atoms with Crippen LogP contribution >= 0.6 is 27.5 Å². The van der Waals surface area contributed by atoms with Gasteiger partial charge in [0, 0.05) is 29.6 Å². The number of nitrogens with zero attached hydrogens (tertiary/aromatic N) is 2. The summed E-state index contributed by atoms with van der Waals surface area (Å²) in [6, 6.07) is 7.38. The van der Waals surface area contributed by atoms with Crippen LogP contribution in [-0.2, 0) is 0 Å². The summed E-state index contributed by atoms with van der Waals surface area (Å²) in [7, 11) is 0. The van der Waals surface area contributed by atoms with Crippen LogP contribution in [0.4, 0.5) is 5.69 Å². The van der Waals surface area contributed by atoms with Crippen molar-refractivity contribution in [1.82, 2.24) is 4.90 Å². The van der Waals surface area contributed by atoms with E-state index in [1.807, 2.05) is 12.1 Å². The monoisotopic (exact) mass is 328 g/mol. The first kappa shape index (κ1) is 12.8. The van der Waals surface area contributed by atoms with Crippen LogP contribution in [0.5, 0.6) is 0 Å². The maximum atomic E-state index is 6.36. The molecule has 0 radical (unpaired) electrons. The fourth-order valence-electron chi connectivity index (χ4n) is 3.23. The quantitative estimate of drug-likeness (QED) is 0.774. The Hall–Kier alpha value is -0.250. The van der Waals surface area contributed by atoms with E-state index in [2.05, 4.69) is 38.7 Å². The van der Waals surface area contributed by atoms with Gasteiger partial charge in [0.25, 0.3) is 0 Å². The molecule has 2 aliphatic heterocycles. The fourth-order valence-corrected chi connectivity index (χ4v) is 3.80. The molecule has 1 aromatic rings. The predicted molar refractivity (Wildman–Crippen MR) is 80.6 cm³/mol. The van der Waals surface area contributed by atoms with E-state index >= 15 is 0 Å². The average Bonchev–Trinajstić information content (AvgIpc) is 2.78. The molecule has 2 heterocycles. The molecule has 98 valence electrons. The highest BCUT2D eigenvalue weighted by molar-refractivity contribution is 9.10. The van der Waals surface area contributed by atoms with Crippen molar-refractivity contribution in [2.75, 3.05) is 24.5 Å². The Balaban J connectivity index is 1.88. The number of halogens is 2. The summed E-state index contributed by atoms with van der Waals surface area (Å²) in [5, 5.41) is 0.858. The summed E-state index contributed by atoms with van der Waals surface area (Å²) in [5.74, 6) is 0. The van der Waals surface area contributed by atoms with Crippen LogP contribution < -0.4 is 4.90 Å². The second-order valence-corrected chi connectivity index (χ2v) is 6.71. The third-order valence-corrected chi connectivity index (χ3v) is 4.97. The minimum Gasteiger partial charge on any atom is -0.365 e. The van der Waals surface area contributed by atoms with Gasteiger partial charge in [0.15, 0.2) is 0 Å². The lowest BCUT2D eigenvalue weighted by Gasteiger charge is -2.44. The Morgan fingerprint density at radius 1 is 1.33 bits per heavy atom. The molecule has 3 rings (SSSR count). The second kappa shape index (κ2) is 5.03. The number of hydrogen-bond donors (Lipinski definition) is 0. The number of hydrogen-bond acceptors (Lipinski definition) is 2. The topological polar surface area (TPSA) is 6.48 Å². The lowest BCUT2D eigenvalue weighted by molar-refractivity contribution is 0.203.